The lowest BCUT2D eigenvalue weighted by atomic mass is 9.63. The lowest BCUT2D eigenvalue weighted by Crippen LogP contribution is -2.36. The average molecular weight is 280 g/mol. The second kappa shape index (κ2) is 4.56. The molecule has 1 saturated carbocycles. The van der Waals surface area contributed by atoms with Crippen LogP contribution in [0, 0.1) is 11.3 Å². The molecule has 0 aliphatic heterocycles. The molecule has 3 aliphatic rings. The monoisotopic (exact) mass is 280 g/mol. The maximum atomic E-state index is 12.8. The number of carbonyl (C=O) groups is 1. The Labute approximate surface area is 127 Å². The molecule has 1 spiro atoms. The zero-order chi connectivity index (χ0) is 14.6. The summed E-state index contributed by atoms with van der Waals surface area (Å²) >= 11 is 0. The maximum Gasteiger partial charge on any atom is 0.163 e. The van der Waals surface area contributed by atoms with E-state index < -0.39 is 0 Å². The van der Waals surface area contributed by atoms with Gasteiger partial charge in [-0.3, -0.25) is 4.79 Å². The van der Waals surface area contributed by atoms with Gasteiger partial charge in [-0.2, -0.15) is 0 Å². The molecular formula is C20H24O. The number of hydrogen-bond donors (Lipinski definition) is 0. The minimum absolute atomic E-state index is 0.270. The van der Waals surface area contributed by atoms with Crippen molar-refractivity contribution in [3.63, 3.8) is 0 Å². The summed E-state index contributed by atoms with van der Waals surface area (Å²) in [5, 5.41) is 0. The molecule has 1 aromatic rings. The second-order valence-electron chi connectivity index (χ2n) is 7.54. The largest absolute Gasteiger partial charge is 0.294 e. The Kier molecular flexibility index (Phi) is 2.89. The number of carbonyl (C=O) groups excluding carboxylic acids is 1. The van der Waals surface area contributed by atoms with Crippen molar-refractivity contribution < 1.29 is 4.79 Å². The van der Waals surface area contributed by atoms with E-state index in [4.69, 9.17) is 0 Å². The molecule has 21 heavy (non-hydrogen) atoms. The SMILES string of the molecule is CCC(C)c1ccc2c(c1)C(=O)CC1(CC3=CCC1C3)C2. The summed E-state index contributed by atoms with van der Waals surface area (Å²) in [4.78, 5) is 12.8. The van der Waals surface area contributed by atoms with Crippen LogP contribution in [0.25, 0.3) is 0 Å². The number of fused-ring (bicyclic) bond motifs is 4. The van der Waals surface area contributed by atoms with E-state index in [0.717, 1.165) is 30.7 Å². The van der Waals surface area contributed by atoms with Crippen molar-refractivity contribution in [1.29, 1.82) is 0 Å². The zero-order valence-electron chi connectivity index (χ0n) is 13.1. The molecule has 110 valence electrons. The van der Waals surface area contributed by atoms with Gasteiger partial charge < -0.3 is 0 Å². The van der Waals surface area contributed by atoms with E-state index in [1.165, 1.54) is 30.4 Å². The molecule has 1 nitrogen and oxygen atoms in total. The van der Waals surface area contributed by atoms with Gasteiger partial charge in [0.25, 0.3) is 0 Å². The Morgan fingerprint density at radius 3 is 2.81 bits per heavy atom. The van der Waals surface area contributed by atoms with E-state index in [9.17, 15) is 4.79 Å². The molecule has 1 fully saturated rings. The normalized spacial score (nSPS) is 31.4. The Hall–Kier alpha value is -1.37. The Morgan fingerprint density at radius 2 is 2.14 bits per heavy atom. The van der Waals surface area contributed by atoms with Crippen molar-refractivity contribution in [2.24, 2.45) is 11.3 Å². The first kappa shape index (κ1) is 13.3. The maximum absolute atomic E-state index is 12.8. The molecule has 3 aliphatic carbocycles. The van der Waals surface area contributed by atoms with Gasteiger partial charge in [-0.05, 0) is 66.5 Å². The zero-order valence-corrected chi connectivity index (χ0v) is 13.1. The fourth-order valence-corrected chi connectivity index (χ4v) is 4.82. The molecule has 3 unspecified atom stereocenters. The van der Waals surface area contributed by atoms with E-state index in [0.29, 0.717) is 11.7 Å². The lowest BCUT2D eigenvalue weighted by Gasteiger charge is -2.39. The van der Waals surface area contributed by atoms with E-state index in [2.05, 4.69) is 38.1 Å². The van der Waals surface area contributed by atoms with E-state index >= 15 is 0 Å². The van der Waals surface area contributed by atoms with Crippen molar-refractivity contribution in [2.75, 3.05) is 0 Å². The summed E-state index contributed by atoms with van der Waals surface area (Å²) in [6.45, 7) is 4.46. The fraction of sp³-hybridized carbons (Fsp3) is 0.550. The van der Waals surface area contributed by atoms with Crippen LogP contribution in [-0.4, -0.2) is 5.78 Å². The van der Waals surface area contributed by atoms with Crippen LogP contribution in [0.3, 0.4) is 0 Å². The molecule has 0 radical (unpaired) electrons. The van der Waals surface area contributed by atoms with Crippen molar-refractivity contribution >= 4 is 5.78 Å². The third-order valence-electron chi connectivity index (χ3n) is 6.32. The summed E-state index contributed by atoms with van der Waals surface area (Å²) in [7, 11) is 0. The van der Waals surface area contributed by atoms with Crippen LogP contribution in [0.5, 0.6) is 0 Å². The second-order valence-corrected chi connectivity index (χ2v) is 7.54. The number of allylic oxidation sites excluding steroid dienone is 2. The van der Waals surface area contributed by atoms with Crippen LogP contribution in [0.2, 0.25) is 0 Å². The molecule has 2 bridgehead atoms. The van der Waals surface area contributed by atoms with Gasteiger partial charge in [-0.15, -0.1) is 0 Å². The first-order valence-corrected chi connectivity index (χ1v) is 8.45. The summed E-state index contributed by atoms with van der Waals surface area (Å²) in [6, 6.07) is 6.69. The fourth-order valence-electron chi connectivity index (χ4n) is 4.82. The Morgan fingerprint density at radius 1 is 1.29 bits per heavy atom. The predicted molar refractivity (Wildman–Crippen MR) is 85.7 cm³/mol. The average Bonchev–Trinajstić information content (AvgIpc) is 3.06. The van der Waals surface area contributed by atoms with Crippen molar-refractivity contribution in [3.8, 4) is 0 Å². The standard InChI is InChI=1S/C20H24O/c1-3-13(2)15-5-6-16-11-20(12-19(21)18(16)9-15)10-14-4-7-17(20)8-14/h4-6,9,13,17H,3,7-8,10-12H2,1-2H3. The van der Waals surface area contributed by atoms with Crippen LogP contribution < -0.4 is 0 Å². The number of hydrogen-bond acceptors (Lipinski definition) is 1. The highest BCUT2D eigenvalue weighted by molar-refractivity contribution is 5.99. The van der Waals surface area contributed by atoms with Gasteiger partial charge in [0, 0.05) is 12.0 Å². The van der Waals surface area contributed by atoms with Crippen molar-refractivity contribution in [3.05, 3.63) is 46.5 Å². The highest BCUT2D eigenvalue weighted by Crippen LogP contribution is 2.58. The van der Waals surface area contributed by atoms with Gasteiger partial charge in [0.05, 0.1) is 0 Å². The first-order chi connectivity index (χ1) is 10.1. The van der Waals surface area contributed by atoms with Crippen LogP contribution >= 0.6 is 0 Å². The quantitative estimate of drug-likeness (QED) is 0.692. The molecule has 0 heterocycles. The third-order valence-corrected chi connectivity index (χ3v) is 6.32. The first-order valence-electron chi connectivity index (χ1n) is 8.45. The molecule has 4 rings (SSSR count). The topological polar surface area (TPSA) is 17.1 Å². The number of ketones is 1. The minimum Gasteiger partial charge on any atom is -0.294 e. The van der Waals surface area contributed by atoms with Crippen LogP contribution in [0.4, 0.5) is 0 Å². The van der Waals surface area contributed by atoms with Crippen molar-refractivity contribution in [2.45, 2.75) is 58.3 Å². The third kappa shape index (κ3) is 1.93. The highest BCUT2D eigenvalue weighted by atomic mass is 16.1. The summed E-state index contributed by atoms with van der Waals surface area (Å²) in [6.07, 6.45) is 9.10. The smallest absolute Gasteiger partial charge is 0.163 e. The van der Waals surface area contributed by atoms with Gasteiger partial charge >= 0.3 is 0 Å². The summed E-state index contributed by atoms with van der Waals surface area (Å²) < 4.78 is 0. The number of rotatable bonds is 2. The van der Waals surface area contributed by atoms with Gasteiger partial charge in [0.15, 0.2) is 5.78 Å². The van der Waals surface area contributed by atoms with E-state index in [1.54, 1.807) is 5.57 Å². The minimum atomic E-state index is 0.270. The van der Waals surface area contributed by atoms with Gasteiger partial charge in [0.1, 0.15) is 0 Å². The number of Topliss-reactive ketones (excluding diaryl/α,β-unsaturated/α-hetero) is 1. The molecular weight excluding hydrogens is 256 g/mol. The Bertz CT molecular complexity index is 639. The molecule has 0 aromatic heterocycles. The van der Waals surface area contributed by atoms with Crippen LogP contribution in [0.15, 0.2) is 29.8 Å². The summed E-state index contributed by atoms with van der Waals surface area (Å²) in [5.74, 6) is 1.68. The lowest BCUT2D eigenvalue weighted by molar-refractivity contribution is 0.0823. The van der Waals surface area contributed by atoms with E-state index in [-0.39, 0.29) is 5.41 Å². The molecule has 0 N–H and O–H groups in total. The molecule has 1 aromatic carbocycles. The van der Waals surface area contributed by atoms with Gasteiger partial charge in [0.2, 0.25) is 0 Å². The number of benzene rings is 1. The van der Waals surface area contributed by atoms with Gasteiger partial charge in [-0.1, -0.05) is 37.6 Å². The molecule has 0 amide bonds. The van der Waals surface area contributed by atoms with Crippen molar-refractivity contribution in [1.82, 2.24) is 0 Å². The summed E-state index contributed by atoms with van der Waals surface area (Å²) in [5.41, 5.74) is 5.55. The Balaban J connectivity index is 1.70. The van der Waals surface area contributed by atoms with Crippen LogP contribution in [0.1, 0.15) is 73.4 Å². The molecule has 3 atom stereocenters. The van der Waals surface area contributed by atoms with Crippen LogP contribution in [-0.2, 0) is 6.42 Å². The van der Waals surface area contributed by atoms with Gasteiger partial charge in [-0.25, -0.2) is 0 Å². The molecule has 1 heteroatoms. The predicted octanol–water partition coefficient (Wildman–Crippen LogP) is 5.06. The van der Waals surface area contributed by atoms with E-state index in [1.807, 2.05) is 0 Å². The highest BCUT2D eigenvalue weighted by Gasteiger charge is 2.50. The molecule has 0 saturated heterocycles.